The van der Waals surface area contributed by atoms with E-state index in [1.807, 2.05) is 24.3 Å². The minimum absolute atomic E-state index is 0.0565. The number of benzene rings is 2. The standard InChI is InChI=1S/C15H12BrNO2/c16-13-6-5-10(7-14(13)18)15(19)17-8-11-3-1-2-4-12(11)9-17/h1-7,18H,8-9H2. The average molecular weight is 318 g/mol. The van der Waals surface area contributed by atoms with Crippen LogP contribution in [0.25, 0.3) is 0 Å². The summed E-state index contributed by atoms with van der Waals surface area (Å²) < 4.78 is 0.591. The van der Waals surface area contributed by atoms with Gasteiger partial charge in [-0.3, -0.25) is 4.79 Å². The summed E-state index contributed by atoms with van der Waals surface area (Å²) in [6, 6.07) is 13.0. The highest BCUT2D eigenvalue weighted by Crippen LogP contribution is 2.27. The minimum atomic E-state index is -0.0565. The number of hydrogen-bond donors (Lipinski definition) is 1. The molecule has 0 aromatic heterocycles. The van der Waals surface area contributed by atoms with Crippen LogP contribution in [0.4, 0.5) is 0 Å². The van der Waals surface area contributed by atoms with E-state index >= 15 is 0 Å². The van der Waals surface area contributed by atoms with E-state index in [-0.39, 0.29) is 11.7 Å². The Bertz CT molecular complexity index is 629. The molecule has 3 rings (SSSR count). The highest BCUT2D eigenvalue weighted by atomic mass is 79.9. The predicted molar refractivity (Wildman–Crippen MR) is 75.8 cm³/mol. The molecule has 1 aliphatic rings. The Kier molecular flexibility index (Phi) is 3.03. The Balaban J connectivity index is 1.85. The van der Waals surface area contributed by atoms with Crippen molar-refractivity contribution in [2.45, 2.75) is 13.1 Å². The van der Waals surface area contributed by atoms with Crippen LogP contribution in [0.3, 0.4) is 0 Å². The lowest BCUT2D eigenvalue weighted by Gasteiger charge is -2.15. The zero-order chi connectivity index (χ0) is 13.4. The second-order valence-electron chi connectivity index (χ2n) is 4.60. The first kappa shape index (κ1) is 12.2. The Morgan fingerprint density at radius 1 is 1.11 bits per heavy atom. The van der Waals surface area contributed by atoms with E-state index in [0.717, 1.165) is 0 Å². The van der Waals surface area contributed by atoms with E-state index in [4.69, 9.17) is 0 Å². The third kappa shape index (κ3) is 2.24. The maximum absolute atomic E-state index is 12.4. The van der Waals surface area contributed by atoms with Gasteiger partial charge in [-0.05, 0) is 45.3 Å². The fourth-order valence-corrected chi connectivity index (χ4v) is 2.55. The third-order valence-electron chi connectivity index (χ3n) is 3.32. The number of hydrogen-bond acceptors (Lipinski definition) is 2. The molecule has 0 saturated carbocycles. The fraction of sp³-hybridized carbons (Fsp3) is 0.133. The molecule has 96 valence electrons. The molecular formula is C15H12BrNO2. The molecule has 0 aliphatic carbocycles. The molecule has 0 bridgehead atoms. The van der Waals surface area contributed by atoms with E-state index in [9.17, 15) is 9.90 Å². The lowest BCUT2D eigenvalue weighted by atomic mass is 10.1. The van der Waals surface area contributed by atoms with E-state index in [1.165, 1.54) is 17.2 Å². The molecule has 2 aromatic carbocycles. The van der Waals surface area contributed by atoms with Crippen molar-refractivity contribution in [2.24, 2.45) is 0 Å². The zero-order valence-corrected chi connectivity index (χ0v) is 11.7. The van der Waals surface area contributed by atoms with Gasteiger partial charge in [0.15, 0.2) is 0 Å². The first-order valence-electron chi connectivity index (χ1n) is 6.00. The Morgan fingerprint density at radius 3 is 2.32 bits per heavy atom. The van der Waals surface area contributed by atoms with Gasteiger partial charge in [0, 0.05) is 18.7 Å². The highest BCUT2D eigenvalue weighted by Gasteiger charge is 2.24. The van der Waals surface area contributed by atoms with Crippen molar-refractivity contribution in [3.05, 3.63) is 63.6 Å². The summed E-state index contributed by atoms with van der Waals surface area (Å²) in [7, 11) is 0. The molecule has 1 N–H and O–H groups in total. The van der Waals surface area contributed by atoms with Crippen LogP contribution >= 0.6 is 15.9 Å². The van der Waals surface area contributed by atoms with Crippen LogP contribution in [0.5, 0.6) is 5.75 Å². The highest BCUT2D eigenvalue weighted by molar-refractivity contribution is 9.10. The number of rotatable bonds is 1. The van der Waals surface area contributed by atoms with E-state index in [2.05, 4.69) is 15.9 Å². The molecule has 1 aliphatic heterocycles. The summed E-state index contributed by atoms with van der Waals surface area (Å²) in [5.41, 5.74) is 2.89. The molecule has 0 spiro atoms. The van der Waals surface area contributed by atoms with Gasteiger partial charge >= 0.3 is 0 Å². The van der Waals surface area contributed by atoms with Crippen LogP contribution < -0.4 is 0 Å². The first-order chi connectivity index (χ1) is 9.15. The van der Waals surface area contributed by atoms with Gasteiger partial charge in [-0.2, -0.15) is 0 Å². The lowest BCUT2D eigenvalue weighted by Crippen LogP contribution is -2.25. The summed E-state index contributed by atoms with van der Waals surface area (Å²) in [4.78, 5) is 14.2. The van der Waals surface area contributed by atoms with Crippen molar-refractivity contribution in [3.63, 3.8) is 0 Å². The number of amides is 1. The maximum Gasteiger partial charge on any atom is 0.254 e. The smallest absolute Gasteiger partial charge is 0.254 e. The topological polar surface area (TPSA) is 40.5 Å². The van der Waals surface area contributed by atoms with E-state index in [1.54, 1.807) is 17.0 Å². The van der Waals surface area contributed by atoms with Crippen molar-refractivity contribution in [1.29, 1.82) is 0 Å². The minimum Gasteiger partial charge on any atom is -0.507 e. The second kappa shape index (κ2) is 4.70. The van der Waals surface area contributed by atoms with Gasteiger partial charge < -0.3 is 10.0 Å². The van der Waals surface area contributed by atoms with Crippen LogP contribution in [-0.2, 0) is 13.1 Å². The number of carbonyl (C=O) groups excluding carboxylic acids is 1. The van der Waals surface area contributed by atoms with Crippen LogP contribution in [0.1, 0.15) is 21.5 Å². The number of phenols is 1. The SMILES string of the molecule is O=C(c1ccc(Br)c(O)c1)N1Cc2ccccc2C1. The molecule has 0 unspecified atom stereocenters. The van der Waals surface area contributed by atoms with Gasteiger partial charge in [-0.25, -0.2) is 0 Å². The number of halogens is 1. The van der Waals surface area contributed by atoms with Gasteiger partial charge in [0.1, 0.15) is 5.75 Å². The van der Waals surface area contributed by atoms with Gasteiger partial charge in [-0.15, -0.1) is 0 Å². The summed E-state index contributed by atoms with van der Waals surface area (Å²) in [6.45, 7) is 1.26. The van der Waals surface area contributed by atoms with Crippen LogP contribution in [0.15, 0.2) is 46.9 Å². The lowest BCUT2D eigenvalue weighted by molar-refractivity contribution is 0.0751. The van der Waals surface area contributed by atoms with Crippen LogP contribution in [-0.4, -0.2) is 15.9 Å². The molecule has 19 heavy (non-hydrogen) atoms. The van der Waals surface area contributed by atoms with Gasteiger partial charge in [0.05, 0.1) is 4.47 Å². The Morgan fingerprint density at radius 2 is 1.74 bits per heavy atom. The van der Waals surface area contributed by atoms with Crippen molar-refractivity contribution in [1.82, 2.24) is 4.90 Å². The summed E-state index contributed by atoms with van der Waals surface area (Å²) >= 11 is 3.21. The summed E-state index contributed by atoms with van der Waals surface area (Å²) in [5, 5.41) is 9.65. The fourth-order valence-electron chi connectivity index (χ4n) is 2.31. The summed E-state index contributed by atoms with van der Waals surface area (Å²) in [5.74, 6) is 0.0292. The largest absolute Gasteiger partial charge is 0.507 e. The van der Waals surface area contributed by atoms with Gasteiger partial charge in [0.25, 0.3) is 5.91 Å². The normalized spacial score (nSPS) is 13.4. The Labute approximate surface area is 119 Å². The molecule has 3 nitrogen and oxygen atoms in total. The van der Waals surface area contributed by atoms with E-state index < -0.39 is 0 Å². The summed E-state index contributed by atoms with van der Waals surface area (Å²) in [6.07, 6.45) is 0. The maximum atomic E-state index is 12.4. The molecule has 1 amide bonds. The molecule has 4 heteroatoms. The Hall–Kier alpha value is -1.81. The number of aromatic hydroxyl groups is 1. The monoisotopic (exact) mass is 317 g/mol. The number of carbonyl (C=O) groups is 1. The van der Waals surface area contributed by atoms with Crippen molar-refractivity contribution in [2.75, 3.05) is 0 Å². The molecule has 1 heterocycles. The quantitative estimate of drug-likeness (QED) is 0.876. The predicted octanol–water partition coefficient (Wildman–Crippen LogP) is 3.31. The number of phenolic OH excluding ortho intramolecular Hbond substituents is 1. The molecule has 0 radical (unpaired) electrons. The third-order valence-corrected chi connectivity index (χ3v) is 3.99. The zero-order valence-electron chi connectivity index (χ0n) is 10.1. The number of fused-ring (bicyclic) bond motifs is 1. The van der Waals surface area contributed by atoms with Crippen molar-refractivity contribution >= 4 is 21.8 Å². The van der Waals surface area contributed by atoms with Gasteiger partial charge in [-0.1, -0.05) is 24.3 Å². The molecule has 2 aromatic rings. The molecule has 0 fully saturated rings. The van der Waals surface area contributed by atoms with Crippen LogP contribution in [0.2, 0.25) is 0 Å². The van der Waals surface area contributed by atoms with E-state index in [0.29, 0.717) is 23.1 Å². The molecule has 0 saturated heterocycles. The first-order valence-corrected chi connectivity index (χ1v) is 6.79. The average Bonchev–Trinajstić information content (AvgIpc) is 2.85. The molecular weight excluding hydrogens is 306 g/mol. The van der Waals surface area contributed by atoms with Crippen molar-refractivity contribution < 1.29 is 9.90 Å². The van der Waals surface area contributed by atoms with Crippen LogP contribution in [0, 0.1) is 0 Å². The second-order valence-corrected chi connectivity index (χ2v) is 5.45. The van der Waals surface area contributed by atoms with Gasteiger partial charge in [0.2, 0.25) is 0 Å². The number of nitrogens with zero attached hydrogens (tertiary/aromatic N) is 1. The van der Waals surface area contributed by atoms with Crippen molar-refractivity contribution in [3.8, 4) is 5.75 Å². The molecule has 0 atom stereocenters.